The summed E-state index contributed by atoms with van der Waals surface area (Å²) in [5.74, 6) is 0.988. The van der Waals surface area contributed by atoms with Crippen LogP contribution in [-0.4, -0.2) is 50.9 Å². The van der Waals surface area contributed by atoms with Crippen LogP contribution in [0, 0.1) is 0 Å². The molecule has 0 aliphatic heterocycles. The van der Waals surface area contributed by atoms with Gasteiger partial charge >= 0.3 is 0 Å². The molecule has 1 aliphatic rings. The minimum atomic E-state index is -0.0786. The lowest BCUT2D eigenvalue weighted by molar-refractivity contribution is -0.0577. The highest BCUT2D eigenvalue weighted by Crippen LogP contribution is 2.38. The van der Waals surface area contributed by atoms with Crippen LogP contribution in [0.1, 0.15) is 49.3 Å². The largest absolute Gasteiger partial charge is 0.381 e. The number of pyridine rings is 2. The van der Waals surface area contributed by atoms with Gasteiger partial charge in [0, 0.05) is 37.9 Å². The lowest BCUT2D eigenvalue weighted by atomic mass is 9.86. The lowest BCUT2D eigenvalue weighted by Crippen LogP contribution is -2.60. The summed E-state index contributed by atoms with van der Waals surface area (Å²) >= 11 is 3.00. The molecule has 0 aromatic carbocycles. The van der Waals surface area contributed by atoms with Crippen molar-refractivity contribution in [2.45, 2.75) is 57.4 Å². The third-order valence-corrected chi connectivity index (χ3v) is 6.47. The number of hydrogen-bond donors (Lipinski definition) is 1. The third kappa shape index (κ3) is 4.93. The van der Waals surface area contributed by atoms with E-state index >= 15 is 0 Å². The highest BCUT2D eigenvalue weighted by atomic mass is 27.1. The second-order valence-electron chi connectivity index (χ2n) is 7.71. The van der Waals surface area contributed by atoms with Gasteiger partial charge in [0.1, 0.15) is 5.82 Å². The van der Waals surface area contributed by atoms with E-state index in [9.17, 15) is 0 Å². The maximum Gasteiger partial charge on any atom is 0.259 e. The summed E-state index contributed by atoms with van der Waals surface area (Å²) in [4.78, 5) is 19.5. The molecule has 6 nitrogen and oxygen atoms in total. The van der Waals surface area contributed by atoms with Crippen LogP contribution in [0.15, 0.2) is 61.2 Å². The standard InChI is InChI=1S/C22H27N6.Al/c1-4-10-22(11-5-1,27-16-19-8-2-6-12-23-19)28(18-21-25-14-15-26-21)17-20-9-3-7-13-24-20;/h2-3,6-9,12-15H,1,4-5,10-11,16-18H2,(H,25,26);/q-1;+1. The Balaban J connectivity index is 1.65. The number of rotatable bonds is 8. The monoisotopic (exact) mass is 402 g/mol. The molecular formula is C22H27AlN6. The van der Waals surface area contributed by atoms with Gasteiger partial charge in [-0.25, -0.2) is 4.98 Å². The number of nitrogens with one attached hydrogen (secondary N) is 1. The maximum atomic E-state index is 4.61. The fourth-order valence-electron chi connectivity index (χ4n) is 4.32. The SMILES string of the molecule is [Al][N](Cc1ccccn1)C1(N(Cc2ccccn2)Cc2ncc[nH]2)CCCCC1. The van der Waals surface area contributed by atoms with Gasteiger partial charge in [-0.15, -0.1) is 0 Å². The van der Waals surface area contributed by atoms with Crippen molar-refractivity contribution in [2.75, 3.05) is 0 Å². The molecule has 1 N–H and O–H groups in total. The average Bonchev–Trinajstić information content (AvgIpc) is 3.28. The number of imidazole rings is 1. The molecule has 1 aliphatic carbocycles. The summed E-state index contributed by atoms with van der Waals surface area (Å²) in [5.41, 5.74) is 2.09. The van der Waals surface area contributed by atoms with E-state index in [2.05, 4.69) is 69.5 Å². The highest BCUT2D eigenvalue weighted by molar-refractivity contribution is 6.04. The number of hydrogen-bond acceptors (Lipinski definition) is 5. The number of aromatic nitrogens is 4. The van der Waals surface area contributed by atoms with Gasteiger partial charge in [0.05, 0.1) is 23.6 Å². The molecule has 0 unspecified atom stereocenters. The minimum absolute atomic E-state index is 0.0786. The van der Waals surface area contributed by atoms with E-state index < -0.39 is 0 Å². The smallest absolute Gasteiger partial charge is 0.259 e. The molecule has 148 valence electrons. The van der Waals surface area contributed by atoms with Gasteiger partial charge < -0.3 is 8.87 Å². The highest BCUT2D eigenvalue weighted by Gasteiger charge is 2.40. The maximum absolute atomic E-state index is 4.61. The van der Waals surface area contributed by atoms with Gasteiger partial charge in [-0.1, -0.05) is 31.4 Å². The number of H-pyrrole nitrogens is 1. The van der Waals surface area contributed by atoms with Crippen LogP contribution in [0.3, 0.4) is 0 Å². The molecular weight excluding hydrogens is 375 g/mol. The van der Waals surface area contributed by atoms with Gasteiger partial charge in [0.25, 0.3) is 16.5 Å². The van der Waals surface area contributed by atoms with E-state index in [1.165, 1.54) is 19.3 Å². The topological polar surface area (TPSA) is 60.9 Å². The molecule has 1 fully saturated rings. The second-order valence-corrected chi connectivity index (χ2v) is 8.33. The van der Waals surface area contributed by atoms with E-state index in [1.54, 1.807) is 0 Å². The Morgan fingerprint density at radius 2 is 1.52 bits per heavy atom. The first-order chi connectivity index (χ1) is 14.3. The third-order valence-electron chi connectivity index (χ3n) is 5.81. The Morgan fingerprint density at radius 3 is 2.10 bits per heavy atom. The molecule has 29 heavy (non-hydrogen) atoms. The average molecular weight is 402 g/mol. The van der Waals surface area contributed by atoms with E-state index in [1.807, 2.05) is 36.9 Å². The van der Waals surface area contributed by atoms with Crippen LogP contribution < -0.4 is 0 Å². The van der Waals surface area contributed by atoms with Crippen molar-refractivity contribution in [3.05, 3.63) is 78.4 Å². The molecule has 4 rings (SSSR count). The minimum Gasteiger partial charge on any atom is -0.381 e. The Labute approximate surface area is 181 Å². The van der Waals surface area contributed by atoms with Crippen molar-refractivity contribution in [3.63, 3.8) is 0 Å². The predicted molar refractivity (Wildman–Crippen MR) is 113 cm³/mol. The van der Waals surface area contributed by atoms with Crippen LogP contribution in [0.5, 0.6) is 0 Å². The zero-order chi connectivity index (χ0) is 19.9. The molecule has 0 spiro atoms. The van der Waals surface area contributed by atoms with Crippen molar-refractivity contribution in [1.29, 1.82) is 0 Å². The molecule has 2 radical (unpaired) electrons. The van der Waals surface area contributed by atoms with E-state index in [0.29, 0.717) is 0 Å². The van der Waals surface area contributed by atoms with E-state index in [-0.39, 0.29) is 5.66 Å². The van der Waals surface area contributed by atoms with Crippen molar-refractivity contribution >= 4 is 16.5 Å². The van der Waals surface area contributed by atoms with Crippen LogP contribution >= 0.6 is 0 Å². The molecule has 0 bridgehead atoms. The first kappa shape index (κ1) is 20.2. The molecule has 0 amide bonds. The van der Waals surface area contributed by atoms with Gasteiger partial charge in [0.15, 0.2) is 0 Å². The van der Waals surface area contributed by atoms with Crippen molar-refractivity contribution in [3.8, 4) is 0 Å². The summed E-state index contributed by atoms with van der Waals surface area (Å²) in [6.07, 6.45) is 13.5. The summed E-state index contributed by atoms with van der Waals surface area (Å²) in [5, 5.41) is 0. The lowest BCUT2D eigenvalue weighted by Gasteiger charge is -2.53. The normalized spacial score (nSPS) is 16.3. The van der Waals surface area contributed by atoms with Crippen molar-refractivity contribution in [2.24, 2.45) is 0 Å². The first-order valence-electron chi connectivity index (χ1n) is 10.3. The second kappa shape index (κ2) is 9.64. The molecule has 3 heterocycles. The molecule has 0 saturated heterocycles. The summed E-state index contributed by atoms with van der Waals surface area (Å²) in [6, 6.07) is 12.3. The quantitative estimate of drug-likeness (QED) is 0.462. The Morgan fingerprint density at radius 1 is 0.828 bits per heavy atom. The number of aromatic amines is 1. The summed E-state index contributed by atoms with van der Waals surface area (Å²) < 4.78 is 2.42. The Kier molecular flexibility index (Phi) is 6.73. The van der Waals surface area contributed by atoms with Gasteiger partial charge in [-0.2, -0.15) is 0 Å². The zero-order valence-corrected chi connectivity index (χ0v) is 17.9. The number of nitrogens with zero attached hydrogens (tertiary/aromatic N) is 5. The van der Waals surface area contributed by atoms with Crippen LogP contribution in [0.25, 0.3) is 0 Å². The van der Waals surface area contributed by atoms with Gasteiger partial charge in [-0.3, -0.25) is 14.9 Å². The van der Waals surface area contributed by atoms with Crippen molar-refractivity contribution in [1.82, 2.24) is 28.7 Å². The van der Waals surface area contributed by atoms with Crippen LogP contribution in [0.4, 0.5) is 0 Å². The summed E-state index contributed by atoms with van der Waals surface area (Å²) in [6.45, 7) is 2.34. The molecule has 3 aromatic rings. The van der Waals surface area contributed by atoms with Crippen LogP contribution in [0.2, 0.25) is 0 Å². The zero-order valence-electron chi connectivity index (χ0n) is 16.7. The van der Waals surface area contributed by atoms with Gasteiger partial charge in [-0.05, 0) is 37.1 Å². The fourth-order valence-corrected chi connectivity index (χ4v) is 4.93. The predicted octanol–water partition coefficient (Wildman–Crippen LogP) is 3.45. The Bertz CT molecular complexity index is 850. The molecule has 1 saturated carbocycles. The molecule has 3 aromatic heterocycles. The van der Waals surface area contributed by atoms with Gasteiger partial charge in [0.2, 0.25) is 0 Å². The van der Waals surface area contributed by atoms with E-state index in [4.69, 9.17) is 0 Å². The van der Waals surface area contributed by atoms with Crippen LogP contribution in [-0.2, 0) is 19.6 Å². The Hall–Kier alpha value is -2.04. The first-order valence-corrected chi connectivity index (χ1v) is 10.8. The van der Waals surface area contributed by atoms with E-state index in [0.717, 1.165) is 49.7 Å². The van der Waals surface area contributed by atoms with Crippen molar-refractivity contribution < 1.29 is 0 Å². The molecule has 0 atom stereocenters. The molecule has 7 heteroatoms. The summed E-state index contributed by atoms with van der Waals surface area (Å²) in [7, 11) is 0. The fraction of sp³-hybridized carbons (Fsp3) is 0.409.